The maximum atomic E-state index is 11.5. The molecule has 0 aliphatic rings. The fourth-order valence-corrected chi connectivity index (χ4v) is 4.44. The lowest BCUT2D eigenvalue weighted by atomic mass is 10.2. The Morgan fingerprint density at radius 2 is 1.96 bits per heavy atom. The smallest absolute Gasteiger partial charge is 0.294 e. The SMILES string of the molecule is CC(C)(C)[Si](C)(C)OCC[C@H](CO)Nc1c(Br)cc(S(N)(=O)=O)cc1[N+](=O)[O-]. The minimum atomic E-state index is -4.10. The molecule has 0 bridgehead atoms. The molecule has 28 heavy (non-hydrogen) atoms. The quantitative estimate of drug-likeness (QED) is 0.269. The van der Waals surface area contributed by atoms with E-state index in [2.05, 4.69) is 55.1 Å². The summed E-state index contributed by atoms with van der Waals surface area (Å²) in [5, 5.41) is 29.1. The number of nitro benzene ring substituents is 1. The van der Waals surface area contributed by atoms with Crippen LogP contribution in [0, 0.1) is 10.1 Å². The van der Waals surface area contributed by atoms with E-state index in [4.69, 9.17) is 9.56 Å². The zero-order chi connectivity index (χ0) is 21.9. The first-order chi connectivity index (χ1) is 12.6. The number of primary sulfonamides is 1. The summed E-state index contributed by atoms with van der Waals surface area (Å²) in [6.07, 6.45) is 0.420. The van der Waals surface area contributed by atoms with Crippen molar-refractivity contribution in [2.75, 3.05) is 18.5 Å². The van der Waals surface area contributed by atoms with Gasteiger partial charge in [-0.15, -0.1) is 0 Å². The van der Waals surface area contributed by atoms with Crippen molar-refractivity contribution in [3.05, 3.63) is 26.7 Å². The van der Waals surface area contributed by atoms with Gasteiger partial charge >= 0.3 is 0 Å². The highest BCUT2D eigenvalue weighted by atomic mass is 79.9. The van der Waals surface area contributed by atoms with E-state index in [0.717, 1.165) is 6.07 Å². The number of sulfonamides is 1. The van der Waals surface area contributed by atoms with Gasteiger partial charge in [0, 0.05) is 17.1 Å². The van der Waals surface area contributed by atoms with Crippen LogP contribution in [-0.2, 0) is 14.4 Å². The van der Waals surface area contributed by atoms with Crippen molar-refractivity contribution in [1.29, 1.82) is 0 Å². The summed E-state index contributed by atoms with van der Waals surface area (Å²) in [6.45, 7) is 10.7. The van der Waals surface area contributed by atoms with E-state index in [1.165, 1.54) is 6.07 Å². The number of nitro groups is 1. The van der Waals surface area contributed by atoms with Crippen LogP contribution in [0.25, 0.3) is 0 Å². The van der Waals surface area contributed by atoms with Gasteiger partial charge in [-0.1, -0.05) is 20.8 Å². The Labute approximate surface area is 175 Å². The summed E-state index contributed by atoms with van der Waals surface area (Å²) in [7, 11) is -6.06. The van der Waals surface area contributed by atoms with Gasteiger partial charge in [0.1, 0.15) is 5.69 Å². The van der Waals surface area contributed by atoms with Crippen molar-refractivity contribution in [3.63, 3.8) is 0 Å². The Balaban J connectivity index is 3.03. The maximum absolute atomic E-state index is 11.5. The molecule has 1 aromatic rings. The number of aliphatic hydroxyl groups excluding tert-OH is 1. The van der Waals surface area contributed by atoms with Crippen molar-refractivity contribution in [3.8, 4) is 0 Å². The number of aliphatic hydroxyl groups is 1. The zero-order valence-electron chi connectivity index (χ0n) is 16.7. The van der Waals surface area contributed by atoms with E-state index in [-0.39, 0.29) is 26.7 Å². The number of halogens is 1. The normalized spacial score (nSPS) is 14.0. The van der Waals surface area contributed by atoms with Crippen LogP contribution in [0.4, 0.5) is 11.4 Å². The van der Waals surface area contributed by atoms with Crippen LogP contribution in [-0.4, -0.2) is 46.0 Å². The fraction of sp³-hybridized carbons (Fsp3) is 0.625. The number of benzene rings is 1. The molecule has 0 spiro atoms. The number of nitrogens with zero attached hydrogens (tertiary/aromatic N) is 1. The molecule has 0 saturated heterocycles. The minimum absolute atomic E-state index is 0.0422. The van der Waals surface area contributed by atoms with Crippen molar-refractivity contribution < 1.29 is 22.9 Å². The fourth-order valence-electron chi connectivity index (χ4n) is 2.11. The topological polar surface area (TPSA) is 145 Å². The third-order valence-corrected chi connectivity index (χ3v) is 10.9. The van der Waals surface area contributed by atoms with Gasteiger partial charge in [0.25, 0.3) is 5.69 Å². The highest BCUT2D eigenvalue weighted by Crippen LogP contribution is 2.37. The van der Waals surface area contributed by atoms with E-state index < -0.39 is 35.0 Å². The average Bonchev–Trinajstić information content (AvgIpc) is 2.52. The number of hydrogen-bond acceptors (Lipinski definition) is 7. The van der Waals surface area contributed by atoms with Crippen LogP contribution in [0.2, 0.25) is 18.1 Å². The van der Waals surface area contributed by atoms with Crippen LogP contribution < -0.4 is 10.5 Å². The van der Waals surface area contributed by atoms with E-state index in [1.807, 2.05) is 0 Å². The predicted octanol–water partition coefficient (Wildman–Crippen LogP) is 3.19. The minimum Gasteiger partial charge on any atom is -0.417 e. The number of nitrogens with one attached hydrogen (secondary N) is 1. The van der Waals surface area contributed by atoms with E-state index >= 15 is 0 Å². The highest BCUT2D eigenvalue weighted by Gasteiger charge is 2.37. The van der Waals surface area contributed by atoms with Gasteiger partial charge in [-0.05, 0) is 46.5 Å². The first-order valence-corrected chi connectivity index (χ1v) is 13.9. The molecule has 160 valence electrons. The lowest BCUT2D eigenvalue weighted by Gasteiger charge is -2.36. The molecule has 1 atom stereocenters. The second kappa shape index (κ2) is 9.18. The largest absolute Gasteiger partial charge is 0.417 e. The van der Waals surface area contributed by atoms with Crippen molar-refractivity contribution in [2.24, 2.45) is 5.14 Å². The molecule has 0 aromatic heterocycles. The Morgan fingerprint density at radius 3 is 2.39 bits per heavy atom. The summed E-state index contributed by atoms with van der Waals surface area (Å²) >= 11 is 3.15. The zero-order valence-corrected chi connectivity index (χ0v) is 20.1. The first-order valence-electron chi connectivity index (χ1n) is 8.62. The molecule has 0 unspecified atom stereocenters. The molecule has 0 aliphatic carbocycles. The van der Waals surface area contributed by atoms with Crippen molar-refractivity contribution >= 4 is 45.6 Å². The van der Waals surface area contributed by atoms with Crippen LogP contribution in [0.15, 0.2) is 21.5 Å². The van der Waals surface area contributed by atoms with Gasteiger partial charge < -0.3 is 14.8 Å². The van der Waals surface area contributed by atoms with Gasteiger partial charge in [-0.25, -0.2) is 13.6 Å². The molecule has 0 heterocycles. The van der Waals surface area contributed by atoms with Crippen LogP contribution in [0.3, 0.4) is 0 Å². The van der Waals surface area contributed by atoms with Gasteiger partial charge in [0.05, 0.1) is 22.5 Å². The molecule has 0 radical (unpaired) electrons. The molecule has 0 fully saturated rings. The molecular formula is C16H28BrN3O6SSi. The Bertz CT molecular complexity index is 826. The van der Waals surface area contributed by atoms with Gasteiger partial charge in [0.2, 0.25) is 10.0 Å². The molecule has 0 aliphatic heterocycles. The Morgan fingerprint density at radius 1 is 1.39 bits per heavy atom. The van der Waals surface area contributed by atoms with Gasteiger partial charge in [-0.3, -0.25) is 10.1 Å². The van der Waals surface area contributed by atoms with Crippen molar-refractivity contribution in [2.45, 2.75) is 56.3 Å². The highest BCUT2D eigenvalue weighted by molar-refractivity contribution is 9.10. The molecule has 0 amide bonds. The van der Waals surface area contributed by atoms with Crippen LogP contribution in [0.1, 0.15) is 27.2 Å². The van der Waals surface area contributed by atoms with Crippen LogP contribution in [0.5, 0.6) is 0 Å². The third-order valence-electron chi connectivity index (χ3n) is 4.87. The lowest BCUT2D eigenvalue weighted by molar-refractivity contribution is -0.384. The standard InChI is InChI=1S/C16H28BrN3O6SSi/c1-16(2,3)28(4,5)26-7-6-11(10-21)19-15-13(17)8-12(27(18,24)25)9-14(15)20(22)23/h8-9,11,19,21H,6-7,10H2,1-5H3,(H2,18,24,25)/t11-/m1/s1. The molecular weight excluding hydrogens is 470 g/mol. The first kappa shape index (κ1) is 25.0. The molecule has 12 heteroatoms. The summed E-state index contributed by atoms with van der Waals surface area (Å²) in [4.78, 5) is 10.3. The van der Waals surface area contributed by atoms with Crippen LogP contribution >= 0.6 is 15.9 Å². The summed E-state index contributed by atoms with van der Waals surface area (Å²) in [6, 6.07) is 1.56. The Hall–Kier alpha value is -1.05. The van der Waals surface area contributed by atoms with Gasteiger partial charge in [-0.2, -0.15) is 0 Å². The molecule has 0 saturated carbocycles. The number of anilines is 1. The third kappa shape index (κ3) is 6.49. The summed E-state index contributed by atoms with van der Waals surface area (Å²) < 4.78 is 29.3. The average molecular weight is 498 g/mol. The molecule has 4 N–H and O–H groups in total. The van der Waals surface area contributed by atoms with E-state index in [9.17, 15) is 23.6 Å². The van der Waals surface area contributed by atoms with Crippen molar-refractivity contribution in [1.82, 2.24) is 0 Å². The number of nitrogens with two attached hydrogens (primary N) is 1. The summed E-state index contributed by atoms with van der Waals surface area (Å²) in [5.41, 5.74) is -0.383. The monoisotopic (exact) mass is 497 g/mol. The second-order valence-corrected chi connectivity index (χ2v) is 15.2. The predicted molar refractivity (Wildman–Crippen MR) is 114 cm³/mol. The molecule has 1 aromatic carbocycles. The molecule has 9 nitrogen and oxygen atoms in total. The maximum Gasteiger partial charge on any atom is 0.294 e. The number of rotatable bonds is 9. The van der Waals surface area contributed by atoms with E-state index in [1.54, 1.807) is 0 Å². The van der Waals surface area contributed by atoms with Gasteiger partial charge in [0.15, 0.2) is 8.32 Å². The Kier molecular flexibility index (Phi) is 8.19. The summed E-state index contributed by atoms with van der Waals surface area (Å²) in [5.74, 6) is 0. The van der Waals surface area contributed by atoms with E-state index in [0.29, 0.717) is 13.0 Å². The second-order valence-electron chi connectivity index (χ2n) is 8.02. The number of hydrogen-bond donors (Lipinski definition) is 3. The lowest BCUT2D eigenvalue weighted by Crippen LogP contribution is -2.41. The molecule has 1 rings (SSSR count).